The van der Waals surface area contributed by atoms with Crippen LogP contribution in [-0.2, 0) is 10.2 Å². The highest BCUT2D eigenvalue weighted by atomic mass is 16.4. The maximum absolute atomic E-state index is 12.6. The molecule has 2 aliphatic heterocycles. The summed E-state index contributed by atoms with van der Waals surface area (Å²) in [5, 5.41) is 8.88. The Bertz CT molecular complexity index is 591. The van der Waals surface area contributed by atoms with Crippen LogP contribution in [0, 0.1) is 0 Å². The minimum absolute atomic E-state index is 0.0581. The number of hydrogen-bond acceptors (Lipinski definition) is 3. The van der Waals surface area contributed by atoms with Gasteiger partial charge in [-0.05, 0) is 18.9 Å². The Labute approximate surface area is 109 Å². The lowest BCUT2D eigenvalue weighted by atomic mass is 10.00. The SMILES string of the molecule is O=C(O)N1CC(N2C(=O)C3(CC3)c3cccnc32)C1. The summed E-state index contributed by atoms with van der Waals surface area (Å²) < 4.78 is 0. The molecule has 1 aromatic heterocycles. The summed E-state index contributed by atoms with van der Waals surface area (Å²) in [4.78, 5) is 30.8. The number of likely N-dealkylation sites (tertiary alicyclic amines) is 1. The van der Waals surface area contributed by atoms with Crippen molar-refractivity contribution in [1.82, 2.24) is 9.88 Å². The lowest BCUT2D eigenvalue weighted by Crippen LogP contribution is -2.62. The number of rotatable bonds is 1. The van der Waals surface area contributed by atoms with Gasteiger partial charge < -0.3 is 10.0 Å². The third-order valence-electron chi connectivity index (χ3n) is 4.41. The second kappa shape index (κ2) is 3.26. The molecule has 1 spiro atoms. The van der Waals surface area contributed by atoms with Gasteiger partial charge in [0.2, 0.25) is 5.91 Å². The van der Waals surface area contributed by atoms with Crippen LogP contribution in [0.5, 0.6) is 0 Å². The molecule has 19 heavy (non-hydrogen) atoms. The fraction of sp³-hybridized carbons (Fsp3) is 0.462. The number of carbonyl (C=O) groups excluding carboxylic acids is 1. The van der Waals surface area contributed by atoms with Crippen molar-refractivity contribution in [1.29, 1.82) is 0 Å². The summed E-state index contributed by atoms with van der Waals surface area (Å²) in [5.74, 6) is 0.844. The predicted octanol–water partition coefficient (Wildman–Crippen LogP) is 0.822. The van der Waals surface area contributed by atoms with Crippen LogP contribution in [0.2, 0.25) is 0 Å². The van der Waals surface area contributed by atoms with Gasteiger partial charge in [0.15, 0.2) is 0 Å². The lowest BCUT2D eigenvalue weighted by Gasteiger charge is -2.42. The predicted molar refractivity (Wildman–Crippen MR) is 66.0 cm³/mol. The smallest absolute Gasteiger partial charge is 0.407 e. The van der Waals surface area contributed by atoms with Crippen LogP contribution in [0.15, 0.2) is 18.3 Å². The molecule has 1 saturated carbocycles. The van der Waals surface area contributed by atoms with Crippen molar-refractivity contribution in [3.63, 3.8) is 0 Å². The first-order valence-corrected chi connectivity index (χ1v) is 6.40. The number of pyridine rings is 1. The van der Waals surface area contributed by atoms with Gasteiger partial charge in [0.25, 0.3) is 0 Å². The molecule has 0 unspecified atom stereocenters. The summed E-state index contributed by atoms with van der Waals surface area (Å²) in [6.07, 6.45) is 2.53. The van der Waals surface area contributed by atoms with Crippen LogP contribution in [0.4, 0.5) is 10.6 Å². The second-order valence-corrected chi connectivity index (χ2v) is 5.47. The van der Waals surface area contributed by atoms with Crippen molar-refractivity contribution in [3.8, 4) is 0 Å². The Kier molecular flexibility index (Phi) is 1.85. The molecule has 98 valence electrons. The molecule has 3 aliphatic rings. The molecule has 6 heteroatoms. The number of carbonyl (C=O) groups is 2. The Balaban J connectivity index is 1.67. The minimum Gasteiger partial charge on any atom is -0.465 e. The zero-order valence-corrected chi connectivity index (χ0v) is 10.2. The van der Waals surface area contributed by atoms with E-state index in [1.54, 1.807) is 11.1 Å². The van der Waals surface area contributed by atoms with Crippen LogP contribution in [0.1, 0.15) is 18.4 Å². The summed E-state index contributed by atoms with van der Waals surface area (Å²) >= 11 is 0. The van der Waals surface area contributed by atoms with E-state index in [1.165, 1.54) is 4.90 Å². The third-order valence-corrected chi connectivity index (χ3v) is 4.41. The van der Waals surface area contributed by atoms with E-state index < -0.39 is 6.09 Å². The van der Waals surface area contributed by atoms with Crippen LogP contribution in [-0.4, -0.2) is 46.1 Å². The maximum atomic E-state index is 12.6. The molecule has 0 bridgehead atoms. The number of nitrogens with zero attached hydrogens (tertiary/aromatic N) is 3. The number of amides is 2. The first-order valence-electron chi connectivity index (χ1n) is 6.40. The van der Waals surface area contributed by atoms with Crippen molar-refractivity contribution < 1.29 is 14.7 Å². The number of anilines is 1. The largest absolute Gasteiger partial charge is 0.465 e. The van der Waals surface area contributed by atoms with Crippen LogP contribution < -0.4 is 4.90 Å². The van der Waals surface area contributed by atoms with E-state index >= 15 is 0 Å². The molecule has 2 amide bonds. The number of hydrogen-bond donors (Lipinski definition) is 1. The number of carboxylic acid groups (broad SMARTS) is 1. The van der Waals surface area contributed by atoms with Crippen LogP contribution in [0.25, 0.3) is 0 Å². The Morgan fingerprint density at radius 2 is 2.16 bits per heavy atom. The van der Waals surface area contributed by atoms with Gasteiger partial charge in [-0.25, -0.2) is 9.78 Å². The summed E-state index contributed by atoms with van der Waals surface area (Å²) in [7, 11) is 0. The Morgan fingerprint density at radius 1 is 1.42 bits per heavy atom. The van der Waals surface area contributed by atoms with Crippen molar-refractivity contribution in [2.45, 2.75) is 24.3 Å². The van der Waals surface area contributed by atoms with Gasteiger partial charge in [-0.3, -0.25) is 9.69 Å². The average Bonchev–Trinajstić information content (AvgIpc) is 3.09. The van der Waals surface area contributed by atoms with Gasteiger partial charge in [0, 0.05) is 24.8 Å². The van der Waals surface area contributed by atoms with E-state index in [9.17, 15) is 9.59 Å². The highest BCUT2D eigenvalue weighted by Crippen LogP contribution is 2.57. The first kappa shape index (κ1) is 10.8. The standard InChI is InChI=1S/C13H13N3O3/c17-11-13(3-4-13)9-2-1-5-14-10(9)16(11)8-6-15(7-8)12(18)19/h1-2,5,8H,3-4,6-7H2,(H,18,19). The van der Waals surface area contributed by atoms with Crippen molar-refractivity contribution in [2.24, 2.45) is 0 Å². The molecule has 1 saturated heterocycles. The van der Waals surface area contributed by atoms with Gasteiger partial charge in [-0.1, -0.05) is 6.07 Å². The average molecular weight is 259 g/mol. The molecule has 3 heterocycles. The van der Waals surface area contributed by atoms with Gasteiger partial charge in [-0.15, -0.1) is 0 Å². The molecule has 0 atom stereocenters. The van der Waals surface area contributed by atoms with E-state index in [0.717, 1.165) is 24.2 Å². The topological polar surface area (TPSA) is 73.7 Å². The highest BCUT2D eigenvalue weighted by Gasteiger charge is 2.61. The zero-order chi connectivity index (χ0) is 13.2. The normalized spacial score (nSPS) is 23.5. The van der Waals surface area contributed by atoms with Gasteiger partial charge in [0.1, 0.15) is 5.82 Å². The molecular weight excluding hydrogens is 246 g/mol. The monoisotopic (exact) mass is 259 g/mol. The fourth-order valence-corrected chi connectivity index (χ4v) is 3.13. The molecule has 1 aromatic rings. The van der Waals surface area contributed by atoms with E-state index in [2.05, 4.69) is 4.98 Å². The molecule has 2 fully saturated rings. The Morgan fingerprint density at radius 3 is 2.79 bits per heavy atom. The molecule has 4 rings (SSSR count). The second-order valence-electron chi connectivity index (χ2n) is 5.47. The highest BCUT2D eigenvalue weighted by molar-refractivity contribution is 6.09. The molecular formula is C13H13N3O3. The van der Waals surface area contributed by atoms with Gasteiger partial charge >= 0.3 is 6.09 Å². The van der Waals surface area contributed by atoms with E-state index in [4.69, 9.17) is 5.11 Å². The Hall–Kier alpha value is -2.11. The maximum Gasteiger partial charge on any atom is 0.407 e. The van der Waals surface area contributed by atoms with Crippen molar-refractivity contribution in [2.75, 3.05) is 18.0 Å². The van der Waals surface area contributed by atoms with Gasteiger partial charge in [-0.2, -0.15) is 0 Å². The minimum atomic E-state index is -0.926. The van der Waals surface area contributed by atoms with Gasteiger partial charge in [0.05, 0.1) is 11.5 Å². The molecule has 6 nitrogen and oxygen atoms in total. The van der Waals surface area contributed by atoms with Crippen LogP contribution in [0.3, 0.4) is 0 Å². The molecule has 1 aliphatic carbocycles. The number of fused-ring (bicyclic) bond motifs is 2. The number of aromatic nitrogens is 1. The molecule has 0 aromatic carbocycles. The molecule has 0 radical (unpaired) electrons. The summed E-state index contributed by atoms with van der Waals surface area (Å²) in [5.41, 5.74) is 0.682. The summed E-state index contributed by atoms with van der Waals surface area (Å²) in [6.45, 7) is 0.764. The zero-order valence-electron chi connectivity index (χ0n) is 10.2. The fourth-order valence-electron chi connectivity index (χ4n) is 3.13. The van der Waals surface area contributed by atoms with E-state index in [0.29, 0.717) is 13.1 Å². The first-order chi connectivity index (χ1) is 9.13. The quantitative estimate of drug-likeness (QED) is 0.810. The van der Waals surface area contributed by atoms with E-state index in [-0.39, 0.29) is 17.4 Å². The van der Waals surface area contributed by atoms with Crippen molar-refractivity contribution in [3.05, 3.63) is 23.9 Å². The van der Waals surface area contributed by atoms with Crippen molar-refractivity contribution >= 4 is 17.8 Å². The summed E-state index contributed by atoms with van der Waals surface area (Å²) in [6, 6.07) is 3.78. The van der Waals surface area contributed by atoms with Crippen LogP contribution >= 0.6 is 0 Å². The lowest BCUT2D eigenvalue weighted by molar-refractivity contribution is -0.121. The molecule has 1 N–H and O–H groups in total. The van der Waals surface area contributed by atoms with E-state index in [1.807, 2.05) is 12.1 Å². The third kappa shape index (κ3) is 1.23.